The van der Waals surface area contributed by atoms with Crippen LogP contribution in [0.2, 0.25) is 0 Å². The van der Waals surface area contributed by atoms with Crippen LogP contribution in [0.1, 0.15) is 77.4 Å². The van der Waals surface area contributed by atoms with Crippen LogP contribution in [0.15, 0.2) is 11.0 Å². The van der Waals surface area contributed by atoms with Crippen LogP contribution in [-0.4, -0.2) is 64.6 Å². The van der Waals surface area contributed by atoms with Crippen molar-refractivity contribution in [3.05, 3.63) is 21.7 Å². The summed E-state index contributed by atoms with van der Waals surface area (Å²) in [4.78, 5) is 30.6. The molecule has 9 heteroatoms. The highest BCUT2D eigenvalue weighted by Gasteiger charge is 2.44. The lowest BCUT2D eigenvalue weighted by molar-refractivity contribution is -0.154. The second-order valence-corrected chi connectivity index (χ2v) is 11.9. The van der Waals surface area contributed by atoms with Gasteiger partial charge in [-0.25, -0.2) is 4.98 Å². The van der Waals surface area contributed by atoms with Crippen LogP contribution >= 0.6 is 11.3 Å². The molecule has 0 aromatic carbocycles. The molecule has 1 aromatic rings. The molecule has 0 unspecified atom stereocenters. The summed E-state index contributed by atoms with van der Waals surface area (Å²) < 4.78 is 16.9. The van der Waals surface area contributed by atoms with Crippen LogP contribution in [-0.2, 0) is 30.4 Å². The average molecular weight is 524 g/mol. The van der Waals surface area contributed by atoms with E-state index in [2.05, 4.69) is 4.98 Å². The van der Waals surface area contributed by atoms with Gasteiger partial charge in [0.2, 0.25) is 0 Å². The van der Waals surface area contributed by atoms with Gasteiger partial charge in [0.1, 0.15) is 16.9 Å². The summed E-state index contributed by atoms with van der Waals surface area (Å²) >= 11 is 1.50. The Morgan fingerprint density at radius 2 is 1.97 bits per heavy atom. The van der Waals surface area contributed by atoms with E-state index in [1.54, 1.807) is 27.9 Å². The Labute approximate surface area is 218 Å². The number of nitrogens with zero attached hydrogens (tertiary/aromatic N) is 1. The van der Waals surface area contributed by atoms with Gasteiger partial charge in [0.15, 0.2) is 0 Å². The Balaban J connectivity index is 1.80. The Kier molecular flexibility index (Phi) is 9.85. The number of fused-ring (bicyclic) bond motifs is 1. The number of thiazole rings is 1. The first-order valence-corrected chi connectivity index (χ1v) is 13.7. The number of Topliss-reactive ketones (excluding diaryl/α,β-unsaturated/α-hetero) is 1. The maximum absolute atomic E-state index is 13.2. The van der Waals surface area contributed by atoms with Crippen molar-refractivity contribution in [3.8, 4) is 0 Å². The van der Waals surface area contributed by atoms with E-state index in [4.69, 9.17) is 14.2 Å². The maximum atomic E-state index is 13.2. The van der Waals surface area contributed by atoms with Gasteiger partial charge in [-0.3, -0.25) is 9.59 Å². The maximum Gasteiger partial charge on any atom is 0.309 e. The minimum atomic E-state index is -1.24. The van der Waals surface area contributed by atoms with Crippen molar-refractivity contribution in [1.29, 1.82) is 0 Å². The molecule has 2 aliphatic heterocycles. The smallest absolute Gasteiger partial charge is 0.309 e. The number of rotatable bonds is 4. The third-order valence-corrected chi connectivity index (χ3v) is 8.45. The second kappa shape index (κ2) is 12.3. The van der Waals surface area contributed by atoms with Gasteiger partial charge in [-0.1, -0.05) is 34.1 Å². The number of aliphatic hydroxyl groups excluding tert-OH is 2. The molecule has 2 fully saturated rings. The van der Waals surface area contributed by atoms with Crippen molar-refractivity contribution < 1.29 is 34.0 Å². The SMILES string of the molecule is COCc1nc(C=C(C)[C@@H]2C[C@@H]3O[C@@H]3CCC[C@H](C)[C@H](O)[C@@H](C)C(=O)C(C)(C)[C@@H](O)CC(=O)O2)cs1. The molecule has 0 bridgehead atoms. The predicted molar refractivity (Wildman–Crippen MR) is 137 cm³/mol. The number of carbonyl (C=O) groups excluding carboxylic acids is 2. The molecule has 202 valence electrons. The number of hydrogen-bond donors (Lipinski definition) is 2. The van der Waals surface area contributed by atoms with Crippen molar-refractivity contribution >= 4 is 29.2 Å². The normalized spacial score (nSPS) is 34.7. The number of ketones is 1. The van der Waals surface area contributed by atoms with E-state index in [0.29, 0.717) is 13.0 Å². The number of methoxy groups -OCH3 is 1. The third kappa shape index (κ3) is 7.22. The van der Waals surface area contributed by atoms with Crippen LogP contribution in [0.5, 0.6) is 0 Å². The zero-order chi connectivity index (χ0) is 26.6. The molecule has 2 saturated heterocycles. The lowest BCUT2D eigenvalue weighted by Gasteiger charge is -2.34. The van der Waals surface area contributed by atoms with Gasteiger partial charge in [0, 0.05) is 24.8 Å². The van der Waals surface area contributed by atoms with Crippen LogP contribution in [0.3, 0.4) is 0 Å². The molecule has 36 heavy (non-hydrogen) atoms. The van der Waals surface area contributed by atoms with E-state index in [-0.39, 0.29) is 30.3 Å². The molecule has 0 spiro atoms. The Morgan fingerprint density at radius 3 is 2.67 bits per heavy atom. The largest absolute Gasteiger partial charge is 0.458 e. The number of cyclic esters (lactones) is 1. The molecular formula is C27H41NO7S. The molecular weight excluding hydrogens is 482 g/mol. The van der Waals surface area contributed by atoms with Gasteiger partial charge in [0.25, 0.3) is 0 Å². The van der Waals surface area contributed by atoms with Gasteiger partial charge >= 0.3 is 5.97 Å². The monoisotopic (exact) mass is 523 g/mol. The Hall–Kier alpha value is -1.65. The van der Waals surface area contributed by atoms with E-state index >= 15 is 0 Å². The molecule has 0 amide bonds. The fraction of sp³-hybridized carbons (Fsp3) is 0.741. The lowest BCUT2D eigenvalue weighted by Crippen LogP contribution is -2.45. The molecule has 3 heterocycles. The summed E-state index contributed by atoms with van der Waals surface area (Å²) in [7, 11) is 1.62. The van der Waals surface area contributed by atoms with Crippen molar-refractivity contribution in [3.63, 3.8) is 0 Å². The molecule has 2 aliphatic rings. The molecule has 0 saturated carbocycles. The number of carbonyl (C=O) groups is 2. The van der Waals surface area contributed by atoms with Gasteiger partial charge in [0.05, 0.1) is 48.6 Å². The predicted octanol–water partition coefficient (Wildman–Crippen LogP) is 3.93. The molecule has 7 atom stereocenters. The van der Waals surface area contributed by atoms with E-state index in [9.17, 15) is 19.8 Å². The molecule has 0 radical (unpaired) electrons. The number of esters is 1. The molecule has 0 aliphatic carbocycles. The minimum Gasteiger partial charge on any atom is -0.458 e. The van der Waals surface area contributed by atoms with Crippen LogP contribution in [0, 0.1) is 17.3 Å². The van der Waals surface area contributed by atoms with E-state index < -0.39 is 35.6 Å². The topological polar surface area (TPSA) is 118 Å². The first-order valence-electron chi connectivity index (χ1n) is 12.8. The standard InChI is InChI=1S/C27H41NO7S/c1-15-8-7-9-19-21(34-19)11-20(16(2)10-18-14-36-23(28-18)13-33-6)35-24(30)12-22(29)27(4,5)26(32)17(3)25(15)31/h10,14-15,17,19-22,25,29,31H,7-9,11-13H2,1-6H3/t15-,17+,19+,20-,21-,22-,25-/m0/s1. The Bertz CT molecular complexity index is 942. The fourth-order valence-corrected chi connectivity index (χ4v) is 5.64. The number of aliphatic hydroxyl groups is 2. The molecule has 8 nitrogen and oxygen atoms in total. The van der Waals surface area contributed by atoms with E-state index in [1.165, 1.54) is 11.3 Å². The summed E-state index contributed by atoms with van der Waals surface area (Å²) in [5.74, 6) is -1.56. The summed E-state index contributed by atoms with van der Waals surface area (Å²) in [6.45, 7) is 9.22. The number of aromatic nitrogens is 1. The minimum absolute atomic E-state index is 0.0133. The van der Waals surface area contributed by atoms with Gasteiger partial charge in [-0.2, -0.15) is 0 Å². The average Bonchev–Trinajstić information content (AvgIpc) is 3.41. The van der Waals surface area contributed by atoms with Crippen LogP contribution < -0.4 is 0 Å². The van der Waals surface area contributed by atoms with Gasteiger partial charge in [-0.15, -0.1) is 11.3 Å². The van der Waals surface area contributed by atoms with Gasteiger partial charge < -0.3 is 24.4 Å². The summed E-state index contributed by atoms with van der Waals surface area (Å²) in [6, 6.07) is 0. The molecule has 2 N–H and O–H groups in total. The molecule has 1 aromatic heterocycles. The highest BCUT2D eigenvalue weighted by molar-refractivity contribution is 7.09. The highest BCUT2D eigenvalue weighted by Crippen LogP contribution is 2.36. The fourth-order valence-electron chi connectivity index (χ4n) is 4.92. The number of hydrogen-bond acceptors (Lipinski definition) is 9. The first-order chi connectivity index (χ1) is 16.9. The lowest BCUT2D eigenvalue weighted by atomic mass is 9.73. The summed E-state index contributed by atoms with van der Waals surface area (Å²) in [5.41, 5.74) is 0.400. The van der Waals surface area contributed by atoms with Crippen LogP contribution in [0.25, 0.3) is 6.08 Å². The third-order valence-electron chi connectivity index (χ3n) is 7.61. The quantitative estimate of drug-likeness (QED) is 0.450. The Morgan fingerprint density at radius 1 is 1.25 bits per heavy atom. The van der Waals surface area contributed by atoms with Crippen molar-refractivity contribution in [1.82, 2.24) is 4.98 Å². The highest BCUT2D eigenvalue weighted by atomic mass is 32.1. The van der Waals surface area contributed by atoms with Crippen LogP contribution in [0.4, 0.5) is 0 Å². The van der Waals surface area contributed by atoms with Gasteiger partial charge in [-0.05, 0) is 37.3 Å². The molecule has 3 rings (SSSR count). The number of epoxide rings is 1. The first kappa shape index (κ1) is 28.9. The summed E-state index contributed by atoms with van der Waals surface area (Å²) in [5, 5.41) is 24.4. The van der Waals surface area contributed by atoms with E-state index in [1.807, 2.05) is 25.3 Å². The summed E-state index contributed by atoms with van der Waals surface area (Å²) in [6.07, 6.45) is 2.10. The second-order valence-electron chi connectivity index (χ2n) is 10.9. The van der Waals surface area contributed by atoms with Crippen molar-refractivity contribution in [2.45, 2.75) is 104 Å². The number of ether oxygens (including phenoxy) is 3. The zero-order valence-corrected chi connectivity index (χ0v) is 23.0. The van der Waals surface area contributed by atoms with Crippen molar-refractivity contribution in [2.24, 2.45) is 17.3 Å². The van der Waals surface area contributed by atoms with Crippen molar-refractivity contribution in [2.75, 3.05) is 7.11 Å². The zero-order valence-electron chi connectivity index (χ0n) is 22.2. The van der Waals surface area contributed by atoms with E-state index in [0.717, 1.165) is 35.5 Å².